The van der Waals surface area contributed by atoms with Gasteiger partial charge in [0.05, 0.1) is 23.5 Å². The highest BCUT2D eigenvalue weighted by atomic mass is 32.1. The number of anilines is 1. The highest BCUT2D eigenvalue weighted by Crippen LogP contribution is 2.32. The monoisotopic (exact) mass is 316 g/mol. The molecule has 22 heavy (non-hydrogen) atoms. The number of thiazole rings is 1. The standard InChI is InChI=1S/C16H20N4OS/c1-4-21-13-6-5-7-14-15(13)18-16(22-14)17-8-9-20-12(3)10-11(2)19-20/h5-7,10H,4,8-9H2,1-3H3,(H,17,18). The number of nitrogens with one attached hydrogen (secondary N) is 1. The Bertz CT molecular complexity index is 778. The normalized spacial score (nSPS) is 11.0. The zero-order valence-electron chi connectivity index (χ0n) is 13.1. The van der Waals surface area contributed by atoms with Crippen molar-refractivity contribution in [3.63, 3.8) is 0 Å². The number of hydrogen-bond donors (Lipinski definition) is 1. The van der Waals surface area contributed by atoms with Crippen LogP contribution in [0.3, 0.4) is 0 Å². The number of fused-ring (bicyclic) bond motifs is 1. The van der Waals surface area contributed by atoms with Gasteiger partial charge in [-0.3, -0.25) is 4.68 Å². The molecule has 0 atom stereocenters. The molecule has 2 heterocycles. The lowest BCUT2D eigenvalue weighted by atomic mass is 10.3. The number of hydrogen-bond acceptors (Lipinski definition) is 5. The molecule has 0 spiro atoms. The Kier molecular flexibility index (Phi) is 4.29. The molecule has 6 heteroatoms. The summed E-state index contributed by atoms with van der Waals surface area (Å²) in [5, 5.41) is 8.76. The summed E-state index contributed by atoms with van der Waals surface area (Å²) < 4.78 is 8.78. The molecule has 0 bridgehead atoms. The third kappa shape index (κ3) is 3.06. The maximum atomic E-state index is 5.63. The fourth-order valence-corrected chi connectivity index (χ4v) is 3.35. The van der Waals surface area contributed by atoms with Gasteiger partial charge in [-0.05, 0) is 39.0 Å². The Morgan fingerprint density at radius 2 is 2.18 bits per heavy atom. The van der Waals surface area contributed by atoms with E-state index in [-0.39, 0.29) is 0 Å². The molecule has 0 aliphatic carbocycles. The number of ether oxygens (including phenoxy) is 1. The van der Waals surface area contributed by atoms with Crippen molar-refractivity contribution in [3.05, 3.63) is 35.7 Å². The molecule has 1 aromatic carbocycles. The van der Waals surface area contributed by atoms with E-state index in [0.717, 1.165) is 39.9 Å². The van der Waals surface area contributed by atoms with Crippen molar-refractivity contribution < 1.29 is 4.74 Å². The summed E-state index contributed by atoms with van der Waals surface area (Å²) in [6.45, 7) is 8.35. The van der Waals surface area contributed by atoms with Crippen LogP contribution in [0, 0.1) is 13.8 Å². The molecule has 2 aromatic heterocycles. The maximum Gasteiger partial charge on any atom is 0.183 e. The van der Waals surface area contributed by atoms with E-state index in [9.17, 15) is 0 Å². The Labute approximate surface area is 133 Å². The first kappa shape index (κ1) is 14.8. The Balaban J connectivity index is 1.69. The Hall–Kier alpha value is -2.08. The molecule has 0 amide bonds. The third-order valence-electron chi connectivity index (χ3n) is 3.38. The van der Waals surface area contributed by atoms with Crippen LogP contribution in [0.4, 0.5) is 5.13 Å². The lowest BCUT2D eigenvalue weighted by Gasteiger charge is -2.05. The predicted molar refractivity (Wildman–Crippen MR) is 91.0 cm³/mol. The molecule has 116 valence electrons. The first-order valence-corrected chi connectivity index (χ1v) is 8.26. The summed E-state index contributed by atoms with van der Waals surface area (Å²) >= 11 is 1.65. The van der Waals surface area contributed by atoms with Crippen LogP contribution < -0.4 is 10.1 Å². The summed E-state index contributed by atoms with van der Waals surface area (Å²) in [5.74, 6) is 0.850. The van der Waals surface area contributed by atoms with Crippen molar-refractivity contribution >= 4 is 26.7 Å². The molecule has 0 fully saturated rings. The summed E-state index contributed by atoms with van der Waals surface area (Å²) in [5.41, 5.74) is 3.17. The van der Waals surface area contributed by atoms with Crippen molar-refractivity contribution in [2.24, 2.45) is 0 Å². The topological polar surface area (TPSA) is 52.0 Å². The van der Waals surface area contributed by atoms with Crippen molar-refractivity contribution in [2.45, 2.75) is 27.3 Å². The van der Waals surface area contributed by atoms with Gasteiger partial charge in [-0.25, -0.2) is 4.98 Å². The molecule has 0 saturated heterocycles. The highest BCUT2D eigenvalue weighted by Gasteiger charge is 2.08. The van der Waals surface area contributed by atoms with Gasteiger partial charge in [0.25, 0.3) is 0 Å². The Morgan fingerprint density at radius 3 is 2.91 bits per heavy atom. The largest absolute Gasteiger partial charge is 0.492 e. The average Bonchev–Trinajstić information content (AvgIpc) is 3.03. The predicted octanol–water partition coefficient (Wildman–Crippen LogP) is 3.62. The first-order chi connectivity index (χ1) is 10.7. The summed E-state index contributed by atoms with van der Waals surface area (Å²) in [7, 11) is 0. The lowest BCUT2D eigenvalue weighted by molar-refractivity contribution is 0.344. The van der Waals surface area contributed by atoms with Crippen molar-refractivity contribution in [1.29, 1.82) is 0 Å². The number of benzene rings is 1. The summed E-state index contributed by atoms with van der Waals surface area (Å²) in [6, 6.07) is 8.13. The van der Waals surface area contributed by atoms with E-state index >= 15 is 0 Å². The molecular formula is C16H20N4OS. The van der Waals surface area contributed by atoms with Gasteiger partial charge in [0.1, 0.15) is 11.3 Å². The maximum absolute atomic E-state index is 5.63. The zero-order valence-corrected chi connectivity index (χ0v) is 13.9. The molecule has 1 N–H and O–H groups in total. The van der Waals surface area contributed by atoms with Crippen LogP contribution in [0.2, 0.25) is 0 Å². The second-order valence-electron chi connectivity index (χ2n) is 5.13. The SMILES string of the molecule is CCOc1cccc2sc(NCCn3nc(C)cc3C)nc12. The van der Waals surface area contributed by atoms with Crippen molar-refractivity contribution in [2.75, 3.05) is 18.5 Å². The fraction of sp³-hybridized carbons (Fsp3) is 0.375. The van der Waals surface area contributed by atoms with Gasteiger partial charge < -0.3 is 10.1 Å². The molecule has 0 radical (unpaired) electrons. The Morgan fingerprint density at radius 1 is 1.32 bits per heavy atom. The van der Waals surface area contributed by atoms with Gasteiger partial charge >= 0.3 is 0 Å². The van der Waals surface area contributed by atoms with Crippen LogP contribution in [0.15, 0.2) is 24.3 Å². The van der Waals surface area contributed by atoms with Crippen LogP contribution in [0.25, 0.3) is 10.2 Å². The van der Waals surface area contributed by atoms with E-state index in [2.05, 4.69) is 34.5 Å². The van der Waals surface area contributed by atoms with Crippen LogP contribution >= 0.6 is 11.3 Å². The smallest absolute Gasteiger partial charge is 0.183 e. The molecule has 0 aliphatic heterocycles. The van der Waals surface area contributed by atoms with E-state index < -0.39 is 0 Å². The molecule has 5 nitrogen and oxygen atoms in total. The van der Waals surface area contributed by atoms with E-state index in [4.69, 9.17) is 4.74 Å². The number of aryl methyl sites for hydroxylation is 2. The van der Waals surface area contributed by atoms with Crippen LogP contribution in [0.5, 0.6) is 5.75 Å². The summed E-state index contributed by atoms with van der Waals surface area (Å²) in [4.78, 5) is 4.64. The quantitative estimate of drug-likeness (QED) is 0.754. The second kappa shape index (κ2) is 6.36. The van der Waals surface area contributed by atoms with Crippen LogP contribution in [-0.2, 0) is 6.54 Å². The third-order valence-corrected chi connectivity index (χ3v) is 4.36. The zero-order chi connectivity index (χ0) is 15.5. The van der Waals surface area contributed by atoms with Gasteiger partial charge in [0, 0.05) is 12.2 Å². The number of para-hydroxylation sites is 1. The minimum atomic E-state index is 0.650. The van der Waals surface area contributed by atoms with E-state index in [0.29, 0.717) is 6.61 Å². The molecule has 0 unspecified atom stereocenters. The number of rotatable bonds is 6. The van der Waals surface area contributed by atoms with Gasteiger partial charge in [0.15, 0.2) is 5.13 Å². The molecule has 3 rings (SSSR count). The minimum absolute atomic E-state index is 0.650. The van der Waals surface area contributed by atoms with Gasteiger partial charge in [-0.1, -0.05) is 17.4 Å². The van der Waals surface area contributed by atoms with Crippen LogP contribution in [-0.4, -0.2) is 27.9 Å². The molecule has 3 aromatic rings. The second-order valence-corrected chi connectivity index (χ2v) is 6.16. The van der Waals surface area contributed by atoms with Gasteiger partial charge in [-0.15, -0.1) is 0 Å². The fourth-order valence-electron chi connectivity index (χ4n) is 2.44. The van der Waals surface area contributed by atoms with Gasteiger partial charge in [-0.2, -0.15) is 5.10 Å². The van der Waals surface area contributed by atoms with E-state index in [1.807, 2.05) is 30.7 Å². The average molecular weight is 316 g/mol. The summed E-state index contributed by atoms with van der Waals surface area (Å²) in [6.07, 6.45) is 0. The van der Waals surface area contributed by atoms with E-state index in [1.54, 1.807) is 11.3 Å². The molecule has 0 saturated carbocycles. The molecule has 0 aliphatic rings. The lowest BCUT2D eigenvalue weighted by Crippen LogP contribution is -2.12. The first-order valence-electron chi connectivity index (χ1n) is 7.44. The van der Waals surface area contributed by atoms with Gasteiger partial charge in [0.2, 0.25) is 0 Å². The van der Waals surface area contributed by atoms with Crippen LogP contribution in [0.1, 0.15) is 18.3 Å². The highest BCUT2D eigenvalue weighted by molar-refractivity contribution is 7.22. The van der Waals surface area contributed by atoms with E-state index in [1.165, 1.54) is 5.69 Å². The number of aromatic nitrogens is 3. The van der Waals surface area contributed by atoms with Crippen molar-refractivity contribution in [3.8, 4) is 5.75 Å². The number of nitrogens with zero attached hydrogens (tertiary/aromatic N) is 3. The molecular weight excluding hydrogens is 296 g/mol. The minimum Gasteiger partial charge on any atom is -0.492 e. The van der Waals surface area contributed by atoms with Crippen molar-refractivity contribution in [1.82, 2.24) is 14.8 Å².